The van der Waals surface area contributed by atoms with Crippen molar-refractivity contribution in [2.24, 2.45) is 4.99 Å². The van der Waals surface area contributed by atoms with E-state index in [-0.39, 0.29) is 5.54 Å². The Bertz CT molecular complexity index is 787. The van der Waals surface area contributed by atoms with Crippen LogP contribution in [-0.2, 0) is 5.54 Å². The zero-order valence-corrected chi connectivity index (χ0v) is 13.6. The minimum Gasteiger partial charge on any atom is -0.384 e. The fourth-order valence-corrected chi connectivity index (χ4v) is 2.98. The molecule has 6 heteroatoms. The van der Waals surface area contributed by atoms with Gasteiger partial charge in [-0.05, 0) is 43.9 Å². The summed E-state index contributed by atoms with van der Waals surface area (Å²) in [7, 11) is 0. The number of nitriles is 1. The number of anilines is 2. The monoisotopic (exact) mass is 320 g/mol. The zero-order chi connectivity index (χ0) is 17.0. The van der Waals surface area contributed by atoms with Gasteiger partial charge in [0.05, 0.1) is 16.9 Å². The van der Waals surface area contributed by atoms with Gasteiger partial charge in [0, 0.05) is 0 Å². The van der Waals surface area contributed by atoms with E-state index in [1.54, 1.807) is 6.07 Å². The highest BCUT2D eigenvalue weighted by Crippen LogP contribution is 2.41. The van der Waals surface area contributed by atoms with Gasteiger partial charge in [-0.2, -0.15) is 5.26 Å². The van der Waals surface area contributed by atoms with Crippen molar-refractivity contribution in [2.45, 2.75) is 31.7 Å². The van der Waals surface area contributed by atoms with Gasteiger partial charge in [-0.1, -0.05) is 30.3 Å². The third-order valence-electron chi connectivity index (χ3n) is 4.41. The second-order valence-corrected chi connectivity index (χ2v) is 5.98. The van der Waals surface area contributed by atoms with Gasteiger partial charge in [-0.3, -0.25) is 0 Å². The maximum Gasteiger partial charge on any atom is 0.212 e. The smallest absolute Gasteiger partial charge is 0.212 e. The van der Waals surface area contributed by atoms with Crippen LogP contribution in [0.2, 0.25) is 0 Å². The van der Waals surface area contributed by atoms with Crippen molar-refractivity contribution in [1.29, 1.82) is 5.26 Å². The molecule has 1 aromatic heterocycles. The Morgan fingerprint density at radius 3 is 2.58 bits per heavy atom. The zero-order valence-electron chi connectivity index (χ0n) is 13.6. The van der Waals surface area contributed by atoms with Crippen LogP contribution in [0.15, 0.2) is 47.5 Å². The standard InChI is InChI=1S/C18H20N6/c1-13-15(8-9-16(20)22-13)23-17(21-12-19)24-18(10-5-11-18)14-6-3-2-4-7-14/h2-4,6-9H,5,10-11H2,1H3,(H2,20,22)(H2,21,23,24). The quantitative estimate of drug-likeness (QED) is 0.459. The topological polar surface area (TPSA) is 99.1 Å². The Morgan fingerprint density at radius 1 is 1.25 bits per heavy atom. The number of aryl methyl sites for hydroxylation is 1. The molecular weight excluding hydrogens is 300 g/mol. The highest BCUT2D eigenvalue weighted by atomic mass is 15.2. The predicted molar refractivity (Wildman–Crippen MR) is 95.2 cm³/mol. The Kier molecular flexibility index (Phi) is 4.34. The molecular formula is C18H20N6. The van der Waals surface area contributed by atoms with Crippen LogP contribution in [0.3, 0.4) is 0 Å². The minimum absolute atomic E-state index is 0.181. The normalized spacial score (nSPS) is 15.9. The average Bonchev–Trinajstić information content (AvgIpc) is 2.54. The van der Waals surface area contributed by atoms with Crippen LogP contribution in [0.1, 0.15) is 30.5 Å². The van der Waals surface area contributed by atoms with Crippen molar-refractivity contribution in [3.05, 3.63) is 53.7 Å². The molecule has 0 unspecified atom stereocenters. The number of aliphatic imine (C=N–C) groups is 1. The first-order chi connectivity index (χ1) is 11.6. The van der Waals surface area contributed by atoms with E-state index < -0.39 is 0 Å². The molecule has 1 fully saturated rings. The first-order valence-electron chi connectivity index (χ1n) is 7.94. The number of benzene rings is 1. The summed E-state index contributed by atoms with van der Waals surface area (Å²) >= 11 is 0. The van der Waals surface area contributed by atoms with Crippen molar-refractivity contribution in [3.63, 3.8) is 0 Å². The summed E-state index contributed by atoms with van der Waals surface area (Å²) in [6.07, 6.45) is 5.01. The number of nitrogen functional groups attached to an aromatic ring is 1. The van der Waals surface area contributed by atoms with Gasteiger partial charge in [0.15, 0.2) is 0 Å². The molecule has 24 heavy (non-hydrogen) atoms. The SMILES string of the molecule is Cc1nc(N)ccc1N/C(=N/C#N)NC1(c2ccccc2)CCC1. The molecule has 0 amide bonds. The molecule has 0 aliphatic heterocycles. The van der Waals surface area contributed by atoms with Crippen LogP contribution < -0.4 is 16.4 Å². The van der Waals surface area contributed by atoms with E-state index in [9.17, 15) is 0 Å². The molecule has 0 saturated heterocycles. The van der Waals surface area contributed by atoms with E-state index >= 15 is 0 Å². The first kappa shape index (κ1) is 15.8. The van der Waals surface area contributed by atoms with Crippen molar-refractivity contribution < 1.29 is 0 Å². The van der Waals surface area contributed by atoms with Crippen molar-refractivity contribution in [3.8, 4) is 6.19 Å². The fourth-order valence-electron chi connectivity index (χ4n) is 2.98. The summed E-state index contributed by atoms with van der Waals surface area (Å²) in [4.78, 5) is 8.14. The average molecular weight is 320 g/mol. The van der Waals surface area contributed by atoms with Gasteiger partial charge in [-0.15, -0.1) is 4.99 Å². The van der Waals surface area contributed by atoms with Crippen LogP contribution in [0, 0.1) is 18.4 Å². The van der Waals surface area contributed by atoms with E-state index in [1.807, 2.05) is 37.4 Å². The summed E-state index contributed by atoms with van der Waals surface area (Å²) in [5.41, 5.74) is 8.24. The Hall–Kier alpha value is -3.07. The minimum atomic E-state index is -0.181. The Morgan fingerprint density at radius 2 is 2.00 bits per heavy atom. The van der Waals surface area contributed by atoms with Crippen LogP contribution in [0.4, 0.5) is 11.5 Å². The van der Waals surface area contributed by atoms with Gasteiger partial charge in [0.25, 0.3) is 0 Å². The van der Waals surface area contributed by atoms with Crippen LogP contribution in [0.25, 0.3) is 0 Å². The molecule has 4 N–H and O–H groups in total. The number of nitrogens with zero attached hydrogens (tertiary/aromatic N) is 3. The second kappa shape index (κ2) is 6.59. The second-order valence-electron chi connectivity index (χ2n) is 5.98. The largest absolute Gasteiger partial charge is 0.384 e. The molecule has 0 radical (unpaired) electrons. The van der Waals surface area contributed by atoms with Gasteiger partial charge in [-0.25, -0.2) is 4.98 Å². The summed E-state index contributed by atoms with van der Waals surface area (Å²) in [6, 6.07) is 13.8. The molecule has 6 nitrogen and oxygen atoms in total. The molecule has 2 aromatic rings. The number of nitrogens with one attached hydrogen (secondary N) is 2. The lowest BCUT2D eigenvalue weighted by Crippen LogP contribution is -2.52. The molecule has 1 aromatic carbocycles. The number of guanidine groups is 1. The Labute approximate surface area is 141 Å². The Balaban J connectivity index is 1.84. The number of aromatic nitrogens is 1. The number of rotatable bonds is 3. The lowest BCUT2D eigenvalue weighted by molar-refractivity contribution is 0.220. The molecule has 0 spiro atoms. The van der Waals surface area contributed by atoms with E-state index in [2.05, 4.69) is 32.7 Å². The number of nitrogens with two attached hydrogens (primary N) is 1. The van der Waals surface area contributed by atoms with E-state index in [0.29, 0.717) is 11.8 Å². The van der Waals surface area contributed by atoms with Gasteiger partial charge in [0.2, 0.25) is 12.2 Å². The van der Waals surface area contributed by atoms with Crippen molar-refractivity contribution in [1.82, 2.24) is 10.3 Å². The third kappa shape index (κ3) is 3.15. The third-order valence-corrected chi connectivity index (χ3v) is 4.41. The summed E-state index contributed by atoms with van der Waals surface area (Å²) in [5.74, 6) is 0.889. The van der Waals surface area contributed by atoms with Gasteiger partial charge >= 0.3 is 0 Å². The lowest BCUT2D eigenvalue weighted by atomic mass is 9.72. The summed E-state index contributed by atoms with van der Waals surface area (Å²) in [6.45, 7) is 1.86. The predicted octanol–water partition coefficient (Wildman–Crippen LogP) is 2.89. The highest BCUT2D eigenvalue weighted by molar-refractivity contribution is 5.95. The number of hydrogen-bond acceptors (Lipinski definition) is 4. The molecule has 1 saturated carbocycles. The molecule has 1 aliphatic carbocycles. The molecule has 1 aliphatic rings. The first-order valence-corrected chi connectivity index (χ1v) is 7.94. The van der Waals surface area contributed by atoms with Crippen molar-refractivity contribution >= 4 is 17.5 Å². The summed E-state index contributed by atoms with van der Waals surface area (Å²) in [5, 5.41) is 15.6. The number of pyridine rings is 1. The van der Waals surface area contributed by atoms with Crippen LogP contribution >= 0.6 is 0 Å². The highest BCUT2D eigenvalue weighted by Gasteiger charge is 2.39. The number of hydrogen-bond donors (Lipinski definition) is 3. The molecule has 0 atom stereocenters. The molecule has 0 bridgehead atoms. The van der Waals surface area contributed by atoms with Gasteiger partial charge < -0.3 is 16.4 Å². The van der Waals surface area contributed by atoms with Gasteiger partial charge in [0.1, 0.15) is 5.82 Å². The van der Waals surface area contributed by atoms with Crippen LogP contribution in [0.5, 0.6) is 0 Å². The molecule has 1 heterocycles. The lowest BCUT2D eigenvalue weighted by Gasteiger charge is -2.43. The maximum atomic E-state index is 9.03. The summed E-state index contributed by atoms with van der Waals surface area (Å²) < 4.78 is 0. The molecule has 3 rings (SSSR count). The van der Waals surface area contributed by atoms with Crippen molar-refractivity contribution in [2.75, 3.05) is 11.1 Å². The van der Waals surface area contributed by atoms with Crippen LogP contribution in [-0.4, -0.2) is 10.9 Å². The van der Waals surface area contributed by atoms with E-state index in [4.69, 9.17) is 11.0 Å². The maximum absolute atomic E-state index is 9.03. The molecule has 122 valence electrons. The van der Waals surface area contributed by atoms with E-state index in [1.165, 1.54) is 5.56 Å². The fraction of sp³-hybridized carbons (Fsp3) is 0.278. The van der Waals surface area contributed by atoms with E-state index in [0.717, 1.165) is 30.6 Å².